The molecule has 90 valence electrons. The second kappa shape index (κ2) is 4.70. The molecule has 16 heavy (non-hydrogen) atoms. The quantitative estimate of drug-likeness (QED) is 0.885. The van der Waals surface area contributed by atoms with E-state index in [4.69, 9.17) is 11.6 Å². The molecule has 1 aromatic rings. The highest BCUT2D eigenvalue weighted by molar-refractivity contribution is 6.30. The molecule has 0 bridgehead atoms. The fraction of sp³-hybridized carbons (Fsp3) is 0.500. The summed E-state index contributed by atoms with van der Waals surface area (Å²) in [5.74, 6) is -0.446. The van der Waals surface area contributed by atoms with Gasteiger partial charge < -0.3 is 5.11 Å². The molecule has 2 nitrogen and oxygen atoms in total. The van der Waals surface area contributed by atoms with Crippen LogP contribution in [0, 0.1) is 5.82 Å². The zero-order valence-corrected chi connectivity index (χ0v) is 10.7. The van der Waals surface area contributed by atoms with Crippen molar-refractivity contribution in [2.75, 3.05) is 14.1 Å². The van der Waals surface area contributed by atoms with E-state index in [-0.39, 0.29) is 11.1 Å². The SMILES string of the molecule is CN(C)C(c1ccc(F)c(Cl)c1)C(C)(C)O. The second-order valence-corrected chi connectivity index (χ2v) is 5.10. The Morgan fingerprint density at radius 1 is 1.38 bits per heavy atom. The molecular formula is C12H17ClFNO. The summed E-state index contributed by atoms with van der Waals surface area (Å²) in [6, 6.07) is 4.29. The van der Waals surface area contributed by atoms with Crippen LogP contribution in [0.5, 0.6) is 0 Å². The third kappa shape index (κ3) is 2.94. The molecule has 4 heteroatoms. The average Bonchev–Trinajstić information content (AvgIpc) is 2.08. The van der Waals surface area contributed by atoms with Gasteiger partial charge in [-0.1, -0.05) is 17.7 Å². The monoisotopic (exact) mass is 245 g/mol. The Balaban J connectivity index is 3.17. The number of hydrogen-bond acceptors (Lipinski definition) is 2. The van der Waals surface area contributed by atoms with Crippen LogP contribution in [0.25, 0.3) is 0 Å². The molecule has 0 amide bonds. The van der Waals surface area contributed by atoms with E-state index in [1.54, 1.807) is 26.0 Å². The summed E-state index contributed by atoms with van der Waals surface area (Å²) in [5, 5.41) is 10.2. The molecular weight excluding hydrogens is 229 g/mol. The predicted molar refractivity (Wildman–Crippen MR) is 64.1 cm³/mol. The summed E-state index contributed by atoms with van der Waals surface area (Å²) < 4.78 is 13.1. The smallest absolute Gasteiger partial charge is 0.141 e. The highest BCUT2D eigenvalue weighted by Gasteiger charge is 2.30. The maximum Gasteiger partial charge on any atom is 0.141 e. The lowest BCUT2D eigenvalue weighted by atomic mass is 9.91. The molecule has 1 N–H and O–H groups in total. The van der Waals surface area contributed by atoms with Gasteiger partial charge in [0.15, 0.2) is 0 Å². The van der Waals surface area contributed by atoms with E-state index in [0.29, 0.717) is 0 Å². The minimum atomic E-state index is -0.926. The molecule has 0 aliphatic heterocycles. The summed E-state index contributed by atoms with van der Waals surface area (Å²) in [7, 11) is 3.72. The molecule has 0 heterocycles. The molecule has 0 spiro atoms. The molecule has 0 saturated heterocycles. The molecule has 1 unspecified atom stereocenters. The molecule has 0 aromatic heterocycles. The van der Waals surface area contributed by atoms with Crippen molar-refractivity contribution < 1.29 is 9.50 Å². The van der Waals surface area contributed by atoms with Gasteiger partial charge in [-0.25, -0.2) is 4.39 Å². The molecule has 1 aromatic carbocycles. The Morgan fingerprint density at radius 3 is 2.31 bits per heavy atom. The number of rotatable bonds is 3. The fourth-order valence-corrected chi connectivity index (χ4v) is 2.21. The van der Waals surface area contributed by atoms with Crippen molar-refractivity contribution in [2.24, 2.45) is 0 Å². The van der Waals surface area contributed by atoms with Gasteiger partial charge in [-0.2, -0.15) is 0 Å². The van der Waals surface area contributed by atoms with E-state index >= 15 is 0 Å². The number of aliphatic hydroxyl groups is 1. The molecule has 0 aliphatic carbocycles. The van der Waals surface area contributed by atoms with Crippen LogP contribution < -0.4 is 0 Å². The predicted octanol–water partition coefficient (Wildman–Crippen LogP) is 2.85. The Bertz CT molecular complexity index is 374. The number of halogens is 2. The first-order valence-electron chi connectivity index (χ1n) is 5.07. The van der Waals surface area contributed by atoms with E-state index in [0.717, 1.165) is 5.56 Å². The summed E-state index contributed by atoms with van der Waals surface area (Å²) in [6.07, 6.45) is 0. The van der Waals surface area contributed by atoms with Gasteiger partial charge in [0.05, 0.1) is 16.7 Å². The van der Waals surface area contributed by atoms with Crippen LogP contribution in [0.15, 0.2) is 18.2 Å². The second-order valence-electron chi connectivity index (χ2n) is 4.69. The van der Waals surface area contributed by atoms with E-state index in [1.165, 1.54) is 6.07 Å². The highest BCUT2D eigenvalue weighted by atomic mass is 35.5. The van der Waals surface area contributed by atoms with Crippen LogP contribution >= 0.6 is 11.6 Å². The first kappa shape index (κ1) is 13.4. The summed E-state index contributed by atoms with van der Waals surface area (Å²) in [5.41, 5.74) is -0.131. The van der Waals surface area contributed by atoms with Crippen LogP contribution in [0.1, 0.15) is 25.5 Å². The van der Waals surface area contributed by atoms with Crippen molar-refractivity contribution in [1.82, 2.24) is 4.90 Å². The van der Waals surface area contributed by atoms with Gasteiger partial charge in [0.2, 0.25) is 0 Å². The van der Waals surface area contributed by atoms with Gasteiger partial charge in [-0.15, -0.1) is 0 Å². The number of likely N-dealkylation sites (N-methyl/N-ethyl adjacent to an activating group) is 1. The average molecular weight is 246 g/mol. The molecule has 1 atom stereocenters. The topological polar surface area (TPSA) is 23.5 Å². The van der Waals surface area contributed by atoms with E-state index in [9.17, 15) is 9.50 Å². The van der Waals surface area contributed by atoms with Crippen molar-refractivity contribution in [3.8, 4) is 0 Å². The van der Waals surface area contributed by atoms with Gasteiger partial charge in [-0.05, 0) is 45.6 Å². The number of benzene rings is 1. The maximum absolute atomic E-state index is 13.1. The Labute approximate surface area is 101 Å². The van der Waals surface area contributed by atoms with Crippen molar-refractivity contribution in [1.29, 1.82) is 0 Å². The van der Waals surface area contributed by atoms with Crippen molar-refractivity contribution in [3.63, 3.8) is 0 Å². The zero-order valence-electron chi connectivity index (χ0n) is 9.96. The lowest BCUT2D eigenvalue weighted by Gasteiger charge is -2.35. The zero-order chi connectivity index (χ0) is 12.5. The Hall–Kier alpha value is -0.640. The van der Waals surface area contributed by atoms with E-state index < -0.39 is 11.4 Å². The van der Waals surface area contributed by atoms with E-state index in [1.807, 2.05) is 19.0 Å². The lowest BCUT2D eigenvalue weighted by Crippen LogP contribution is -2.38. The molecule has 0 saturated carbocycles. The van der Waals surface area contributed by atoms with Crippen LogP contribution in [0.4, 0.5) is 4.39 Å². The minimum Gasteiger partial charge on any atom is -0.388 e. The van der Waals surface area contributed by atoms with Gasteiger partial charge in [0, 0.05) is 0 Å². The number of nitrogens with zero attached hydrogens (tertiary/aromatic N) is 1. The lowest BCUT2D eigenvalue weighted by molar-refractivity contribution is -0.00317. The van der Waals surface area contributed by atoms with Crippen molar-refractivity contribution in [3.05, 3.63) is 34.6 Å². The van der Waals surface area contributed by atoms with Crippen molar-refractivity contribution >= 4 is 11.6 Å². The highest BCUT2D eigenvalue weighted by Crippen LogP contribution is 2.31. The van der Waals surface area contributed by atoms with Crippen molar-refractivity contribution in [2.45, 2.75) is 25.5 Å². The van der Waals surface area contributed by atoms with Gasteiger partial charge in [0.1, 0.15) is 5.82 Å². The van der Waals surface area contributed by atoms with Gasteiger partial charge >= 0.3 is 0 Å². The number of hydrogen-bond donors (Lipinski definition) is 1. The van der Waals surface area contributed by atoms with Gasteiger partial charge in [-0.3, -0.25) is 4.90 Å². The maximum atomic E-state index is 13.1. The minimum absolute atomic E-state index is 0.0774. The standard InChI is InChI=1S/C12H17ClFNO/c1-12(2,16)11(15(3)4)8-5-6-10(14)9(13)7-8/h5-7,11,16H,1-4H3. The summed E-state index contributed by atoms with van der Waals surface area (Å²) in [4.78, 5) is 1.88. The fourth-order valence-electron chi connectivity index (χ4n) is 2.02. The summed E-state index contributed by atoms with van der Waals surface area (Å²) in [6.45, 7) is 3.43. The third-order valence-corrected chi connectivity index (χ3v) is 2.73. The third-order valence-electron chi connectivity index (χ3n) is 2.44. The first-order chi connectivity index (χ1) is 7.23. The molecule has 0 fully saturated rings. The Morgan fingerprint density at radius 2 is 1.94 bits per heavy atom. The van der Waals surface area contributed by atoms with Crippen LogP contribution in [0.3, 0.4) is 0 Å². The van der Waals surface area contributed by atoms with Crippen LogP contribution in [0.2, 0.25) is 5.02 Å². The molecule has 1 rings (SSSR count). The normalized spacial score (nSPS) is 14.2. The van der Waals surface area contributed by atoms with Crippen LogP contribution in [-0.4, -0.2) is 29.7 Å². The Kier molecular flexibility index (Phi) is 3.94. The van der Waals surface area contributed by atoms with E-state index in [2.05, 4.69) is 0 Å². The van der Waals surface area contributed by atoms with Crippen LogP contribution in [-0.2, 0) is 0 Å². The molecule has 0 radical (unpaired) electrons. The summed E-state index contributed by atoms with van der Waals surface area (Å²) >= 11 is 5.74. The van der Waals surface area contributed by atoms with Gasteiger partial charge in [0.25, 0.3) is 0 Å². The first-order valence-corrected chi connectivity index (χ1v) is 5.45. The largest absolute Gasteiger partial charge is 0.388 e. The molecule has 0 aliphatic rings.